The van der Waals surface area contributed by atoms with E-state index >= 15 is 0 Å². The Labute approximate surface area is 157 Å². The SMILES string of the molecule is CCc1c(F)c(OCC(=O)O)cc(Cl)c1Cc1ccc(O)c(C(C)C)c1. The van der Waals surface area contributed by atoms with Gasteiger partial charge in [-0.1, -0.05) is 44.5 Å². The lowest BCUT2D eigenvalue weighted by Crippen LogP contribution is -2.12. The van der Waals surface area contributed by atoms with E-state index in [0.717, 1.165) is 11.1 Å². The van der Waals surface area contributed by atoms with Gasteiger partial charge in [-0.15, -0.1) is 0 Å². The molecular formula is C20H22ClFO4. The summed E-state index contributed by atoms with van der Waals surface area (Å²) < 4.78 is 19.7. The molecule has 0 amide bonds. The fourth-order valence-corrected chi connectivity index (χ4v) is 3.16. The van der Waals surface area contributed by atoms with Gasteiger partial charge >= 0.3 is 5.97 Å². The van der Waals surface area contributed by atoms with Crippen molar-refractivity contribution in [3.8, 4) is 11.5 Å². The quantitative estimate of drug-likeness (QED) is 0.715. The Balaban J connectivity index is 2.42. The normalized spacial score (nSPS) is 11.0. The highest BCUT2D eigenvalue weighted by Gasteiger charge is 2.19. The molecule has 0 saturated carbocycles. The largest absolute Gasteiger partial charge is 0.508 e. The number of phenols is 1. The maximum absolute atomic E-state index is 14.7. The van der Waals surface area contributed by atoms with E-state index in [0.29, 0.717) is 29.0 Å². The molecule has 0 bridgehead atoms. The van der Waals surface area contributed by atoms with E-state index in [1.165, 1.54) is 6.07 Å². The molecular weight excluding hydrogens is 359 g/mol. The van der Waals surface area contributed by atoms with Crippen LogP contribution in [0.15, 0.2) is 24.3 Å². The lowest BCUT2D eigenvalue weighted by molar-refractivity contribution is -0.139. The monoisotopic (exact) mass is 380 g/mol. The first kappa shape index (κ1) is 20.0. The smallest absolute Gasteiger partial charge is 0.341 e. The number of aliphatic carboxylic acids is 1. The van der Waals surface area contributed by atoms with Crippen LogP contribution in [0.25, 0.3) is 0 Å². The number of benzene rings is 2. The second kappa shape index (κ2) is 8.41. The average molecular weight is 381 g/mol. The zero-order valence-electron chi connectivity index (χ0n) is 15.0. The molecule has 6 heteroatoms. The molecule has 0 saturated heterocycles. The number of carbonyl (C=O) groups is 1. The predicted octanol–water partition coefficient (Wildman–Crippen LogP) is 4.92. The van der Waals surface area contributed by atoms with Gasteiger partial charge in [0.05, 0.1) is 0 Å². The molecule has 0 aliphatic rings. The molecule has 0 aliphatic carbocycles. The van der Waals surface area contributed by atoms with Crippen molar-refractivity contribution in [2.24, 2.45) is 0 Å². The van der Waals surface area contributed by atoms with Gasteiger partial charge in [0.1, 0.15) is 5.75 Å². The van der Waals surface area contributed by atoms with Gasteiger partial charge in [0.15, 0.2) is 18.2 Å². The molecule has 2 aromatic carbocycles. The van der Waals surface area contributed by atoms with E-state index in [2.05, 4.69) is 0 Å². The first-order chi connectivity index (χ1) is 12.2. The zero-order chi connectivity index (χ0) is 19.4. The predicted molar refractivity (Wildman–Crippen MR) is 98.9 cm³/mol. The Morgan fingerprint density at radius 3 is 2.54 bits per heavy atom. The summed E-state index contributed by atoms with van der Waals surface area (Å²) in [5, 5.41) is 19.0. The van der Waals surface area contributed by atoms with E-state index in [1.54, 1.807) is 19.1 Å². The summed E-state index contributed by atoms with van der Waals surface area (Å²) in [6.45, 7) is 5.14. The minimum absolute atomic E-state index is 0.152. The average Bonchev–Trinajstić information content (AvgIpc) is 2.58. The third kappa shape index (κ3) is 4.47. The van der Waals surface area contributed by atoms with Gasteiger partial charge in [-0.25, -0.2) is 9.18 Å². The van der Waals surface area contributed by atoms with Gasteiger partial charge < -0.3 is 14.9 Å². The topological polar surface area (TPSA) is 66.8 Å². The summed E-state index contributed by atoms with van der Waals surface area (Å²) in [4.78, 5) is 10.6. The number of hydrogen-bond donors (Lipinski definition) is 2. The Morgan fingerprint density at radius 1 is 1.27 bits per heavy atom. The standard InChI is InChI=1S/C20H22ClFO4/c1-4-13-15(8-12-5-6-17(23)14(7-12)11(2)3)16(21)9-18(20(13)22)26-10-19(24)25/h5-7,9,11,23H,4,8,10H2,1-3H3,(H,24,25). The van der Waals surface area contributed by atoms with Crippen molar-refractivity contribution in [3.05, 3.63) is 57.4 Å². The molecule has 2 aromatic rings. The van der Waals surface area contributed by atoms with E-state index in [9.17, 15) is 14.3 Å². The molecule has 0 radical (unpaired) electrons. The van der Waals surface area contributed by atoms with Gasteiger partial charge in [0.25, 0.3) is 0 Å². The third-order valence-electron chi connectivity index (χ3n) is 4.19. The van der Waals surface area contributed by atoms with Crippen molar-refractivity contribution in [2.45, 2.75) is 39.5 Å². The molecule has 140 valence electrons. The van der Waals surface area contributed by atoms with Crippen LogP contribution in [0.1, 0.15) is 48.9 Å². The molecule has 0 heterocycles. The molecule has 2 N–H and O–H groups in total. The highest BCUT2D eigenvalue weighted by Crippen LogP contribution is 2.34. The fraction of sp³-hybridized carbons (Fsp3) is 0.350. The number of halogens is 2. The second-order valence-electron chi connectivity index (χ2n) is 6.39. The number of rotatable bonds is 7. The van der Waals surface area contributed by atoms with E-state index in [4.69, 9.17) is 21.4 Å². The maximum atomic E-state index is 14.7. The molecule has 4 nitrogen and oxygen atoms in total. The van der Waals surface area contributed by atoms with Crippen LogP contribution >= 0.6 is 11.6 Å². The summed E-state index contributed by atoms with van der Waals surface area (Å²) in [6.07, 6.45) is 0.790. The number of phenolic OH excluding ortho intramolecular Hbond substituents is 1. The maximum Gasteiger partial charge on any atom is 0.341 e. The summed E-state index contributed by atoms with van der Waals surface area (Å²) in [5.41, 5.74) is 2.76. The number of carboxylic acids is 1. The van der Waals surface area contributed by atoms with Crippen LogP contribution in [0.2, 0.25) is 5.02 Å². The summed E-state index contributed by atoms with van der Waals surface area (Å²) in [7, 11) is 0. The molecule has 2 rings (SSSR count). The van der Waals surface area contributed by atoms with Gasteiger partial charge in [-0.3, -0.25) is 0 Å². The van der Waals surface area contributed by atoms with Gasteiger partial charge in [-0.2, -0.15) is 0 Å². The Hall–Kier alpha value is -2.27. The number of carboxylic acid groups (broad SMARTS) is 1. The van der Waals surface area contributed by atoms with Crippen LogP contribution in [0.3, 0.4) is 0 Å². The minimum atomic E-state index is -1.19. The van der Waals surface area contributed by atoms with Crippen molar-refractivity contribution in [3.63, 3.8) is 0 Å². The second-order valence-corrected chi connectivity index (χ2v) is 6.80. The van der Waals surface area contributed by atoms with Gasteiger partial charge in [0.2, 0.25) is 0 Å². The van der Waals surface area contributed by atoms with Crippen LogP contribution in [0, 0.1) is 5.82 Å². The van der Waals surface area contributed by atoms with Crippen LogP contribution in [0.4, 0.5) is 4.39 Å². The minimum Gasteiger partial charge on any atom is -0.508 e. The number of hydrogen-bond acceptors (Lipinski definition) is 3. The highest BCUT2D eigenvalue weighted by atomic mass is 35.5. The van der Waals surface area contributed by atoms with Crippen molar-refractivity contribution >= 4 is 17.6 Å². The Kier molecular flexibility index (Phi) is 6.48. The third-order valence-corrected chi connectivity index (χ3v) is 4.53. The van der Waals surface area contributed by atoms with Crippen molar-refractivity contribution < 1.29 is 24.1 Å². The van der Waals surface area contributed by atoms with Crippen LogP contribution in [-0.4, -0.2) is 22.8 Å². The summed E-state index contributed by atoms with van der Waals surface area (Å²) in [5.74, 6) is -1.55. The van der Waals surface area contributed by atoms with Crippen LogP contribution in [-0.2, 0) is 17.6 Å². The first-order valence-electron chi connectivity index (χ1n) is 8.40. The van der Waals surface area contributed by atoms with E-state index in [1.807, 2.05) is 19.9 Å². The van der Waals surface area contributed by atoms with Crippen molar-refractivity contribution in [2.75, 3.05) is 6.61 Å². The first-order valence-corrected chi connectivity index (χ1v) is 8.78. The van der Waals surface area contributed by atoms with Crippen LogP contribution in [0.5, 0.6) is 11.5 Å². The molecule has 0 fully saturated rings. The summed E-state index contributed by atoms with van der Waals surface area (Å²) >= 11 is 6.34. The molecule has 0 aromatic heterocycles. The molecule has 26 heavy (non-hydrogen) atoms. The Bertz CT molecular complexity index is 818. The molecule has 0 unspecified atom stereocenters. The molecule has 0 spiro atoms. The van der Waals surface area contributed by atoms with E-state index in [-0.39, 0.29) is 17.4 Å². The zero-order valence-corrected chi connectivity index (χ0v) is 15.7. The fourth-order valence-electron chi connectivity index (χ4n) is 2.88. The number of aromatic hydroxyl groups is 1. The van der Waals surface area contributed by atoms with Gasteiger partial charge in [0, 0.05) is 11.1 Å². The Morgan fingerprint density at radius 2 is 1.96 bits per heavy atom. The van der Waals surface area contributed by atoms with Crippen molar-refractivity contribution in [1.29, 1.82) is 0 Å². The van der Waals surface area contributed by atoms with Crippen LogP contribution < -0.4 is 4.74 Å². The lowest BCUT2D eigenvalue weighted by Gasteiger charge is -2.16. The van der Waals surface area contributed by atoms with E-state index < -0.39 is 18.4 Å². The highest BCUT2D eigenvalue weighted by molar-refractivity contribution is 6.31. The number of ether oxygens (including phenoxy) is 1. The van der Waals surface area contributed by atoms with Crippen molar-refractivity contribution in [1.82, 2.24) is 0 Å². The molecule has 0 atom stereocenters. The molecule has 0 aliphatic heterocycles. The lowest BCUT2D eigenvalue weighted by atomic mass is 9.93. The summed E-state index contributed by atoms with van der Waals surface area (Å²) in [6, 6.07) is 6.62. The van der Waals surface area contributed by atoms with Gasteiger partial charge in [-0.05, 0) is 47.1 Å².